The third kappa shape index (κ3) is 4.25. The Morgan fingerprint density at radius 2 is 1.94 bits per heavy atom. The molecule has 2 saturated carbocycles. The quantitative estimate of drug-likeness (QED) is 0.639. The van der Waals surface area contributed by atoms with Gasteiger partial charge in [0.1, 0.15) is 0 Å². The van der Waals surface area contributed by atoms with E-state index in [4.69, 9.17) is 0 Å². The molecule has 2 fully saturated rings. The Morgan fingerprint density at radius 3 is 2.56 bits per heavy atom. The molecule has 0 aromatic heterocycles. The predicted molar refractivity (Wildman–Crippen MR) is 71.3 cm³/mol. The summed E-state index contributed by atoms with van der Waals surface area (Å²) >= 11 is 0. The van der Waals surface area contributed by atoms with Gasteiger partial charge in [0.25, 0.3) is 0 Å². The van der Waals surface area contributed by atoms with Gasteiger partial charge in [-0.1, -0.05) is 19.3 Å². The molecule has 0 spiro atoms. The highest BCUT2D eigenvalue weighted by Gasteiger charge is 2.31. The van der Waals surface area contributed by atoms with Gasteiger partial charge >= 0.3 is 0 Å². The molecule has 0 heterocycles. The monoisotopic (exact) mass is 254 g/mol. The lowest BCUT2D eigenvalue weighted by Crippen LogP contribution is -2.42. The van der Waals surface area contributed by atoms with E-state index in [0.29, 0.717) is 19.0 Å². The minimum atomic E-state index is -0.0438. The molecule has 2 aliphatic carbocycles. The first-order valence-electron chi connectivity index (χ1n) is 7.35. The van der Waals surface area contributed by atoms with Crippen LogP contribution in [0.1, 0.15) is 51.4 Å². The third-order valence-corrected chi connectivity index (χ3v) is 4.27. The normalized spacial score (nSPS) is 22.7. The largest absolute Gasteiger partial charge is 0.396 e. The van der Waals surface area contributed by atoms with E-state index in [1.54, 1.807) is 0 Å². The molecule has 2 rings (SSSR count). The third-order valence-electron chi connectivity index (χ3n) is 4.27. The highest BCUT2D eigenvalue weighted by atomic mass is 16.3. The summed E-state index contributed by atoms with van der Waals surface area (Å²) in [5, 5.41) is 15.9. The molecule has 0 saturated heterocycles. The summed E-state index contributed by atoms with van der Waals surface area (Å²) < 4.78 is 0. The minimum absolute atomic E-state index is 0.0438. The summed E-state index contributed by atoms with van der Waals surface area (Å²) in [4.78, 5) is 11.7. The van der Waals surface area contributed by atoms with E-state index in [-0.39, 0.29) is 17.9 Å². The van der Waals surface area contributed by atoms with E-state index in [1.165, 1.54) is 32.1 Å². The molecule has 0 bridgehead atoms. The van der Waals surface area contributed by atoms with Crippen LogP contribution in [-0.2, 0) is 4.79 Å². The lowest BCUT2D eigenvalue weighted by atomic mass is 9.74. The lowest BCUT2D eigenvalue weighted by molar-refractivity contribution is -0.121. The summed E-state index contributed by atoms with van der Waals surface area (Å²) in [6, 6.07) is 0.667. The van der Waals surface area contributed by atoms with Crippen LogP contribution in [0.25, 0.3) is 0 Å². The molecule has 0 aromatic rings. The summed E-state index contributed by atoms with van der Waals surface area (Å²) in [5.74, 6) is 0.113. The van der Waals surface area contributed by atoms with Gasteiger partial charge in [0, 0.05) is 31.0 Å². The number of amides is 1. The van der Waals surface area contributed by atoms with E-state index in [2.05, 4.69) is 10.6 Å². The number of carbonyl (C=O) groups excluding carboxylic acids is 1. The van der Waals surface area contributed by atoms with Crippen molar-refractivity contribution in [2.24, 2.45) is 5.41 Å². The molecule has 2 aliphatic rings. The molecule has 4 heteroatoms. The second-order valence-electron chi connectivity index (χ2n) is 5.97. The van der Waals surface area contributed by atoms with Crippen molar-refractivity contribution in [1.82, 2.24) is 10.6 Å². The Labute approximate surface area is 110 Å². The molecule has 1 amide bonds. The van der Waals surface area contributed by atoms with E-state index in [9.17, 15) is 9.90 Å². The molecule has 0 aromatic carbocycles. The predicted octanol–water partition coefficient (Wildman–Crippen LogP) is 1.19. The molecule has 0 atom stereocenters. The van der Waals surface area contributed by atoms with Crippen LogP contribution in [0, 0.1) is 5.41 Å². The number of hydrogen-bond acceptors (Lipinski definition) is 3. The van der Waals surface area contributed by atoms with Crippen molar-refractivity contribution in [1.29, 1.82) is 0 Å². The maximum Gasteiger partial charge on any atom is 0.221 e. The van der Waals surface area contributed by atoms with Gasteiger partial charge in [-0.2, -0.15) is 0 Å². The first kappa shape index (κ1) is 13.8. The molecule has 0 radical (unpaired) electrons. The maximum absolute atomic E-state index is 11.7. The zero-order chi connectivity index (χ0) is 12.8. The van der Waals surface area contributed by atoms with E-state index in [1.807, 2.05) is 0 Å². The molecular weight excluding hydrogens is 228 g/mol. The van der Waals surface area contributed by atoms with Gasteiger partial charge in [0.15, 0.2) is 0 Å². The second-order valence-corrected chi connectivity index (χ2v) is 5.97. The molecule has 0 aliphatic heterocycles. The highest BCUT2D eigenvalue weighted by molar-refractivity contribution is 5.76. The average Bonchev–Trinajstić information content (AvgIpc) is 3.22. The lowest BCUT2D eigenvalue weighted by Gasteiger charge is -2.35. The molecule has 0 unspecified atom stereocenters. The van der Waals surface area contributed by atoms with Gasteiger partial charge < -0.3 is 15.7 Å². The van der Waals surface area contributed by atoms with Crippen LogP contribution >= 0.6 is 0 Å². The average molecular weight is 254 g/mol. The number of carbonyl (C=O) groups is 1. The summed E-state index contributed by atoms with van der Waals surface area (Å²) in [6.45, 7) is 1.63. The smallest absolute Gasteiger partial charge is 0.221 e. The number of hydrogen-bond donors (Lipinski definition) is 3. The van der Waals surface area contributed by atoms with Crippen LogP contribution in [0.4, 0.5) is 0 Å². The van der Waals surface area contributed by atoms with Gasteiger partial charge in [-0.3, -0.25) is 4.79 Å². The van der Waals surface area contributed by atoms with Crippen LogP contribution in [0.2, 0.25) is 0 Å². The Kier molecular flexibility index (Phi) is 5.01. The number of aliphatic hydroxyl groups is 1. The molecule has 3 N–H and O–H groups in total. The fraction of sp³-hybridized carbons (Fsp3) is 0.929. The van der Waals surface area contributed by atoms with Crippen molar-refractivity contribution in [3.8, 4) is 0 Å². The van der Waals surface area contributed by atoms with Crippen LogP contribution < -0.4 is 10.6 Å². The molecular formula is C14H26N2O2. The SMILES string of the molecule is O=C(CCNC1CC1)NCC1(CO)CCCCC1. The van der Waals surface area contributed by atoms with Crippen molar-refractivity contribution in [3.05, 3.63) is 0 Å². The summed E-state index contributed by atoms with van der Waals surface area (Å²) in [6.07, 6.45) is 8.79. The minimum Gasteiger partial charge on any atom is -0.396 e. The van der Waals surface area contributed by atoms with Gasteiger partial charge in [-0.25, -0.2) is 0 Å². The van der Waals surface area contributed by atoms with Crippen molar-refractivity contribution in [3.63, 3.8) is 0 Å². The molecule has 18 heavy (non-hydrogen) atoms. The highest BCUT2D eigenvalue weighted by Crippen LogP contribution is 2.35. The number of rotatable bonds is 7. The Bertz CT molecular complexity index is 271. The van der Waals surface area contributed by atoms with E-state index >= 15 is 0 Å². The molecule has 104 valence electrons. The Balaban J connectivity index is 1.63. The van der Waals surface area contributed by atoms with Crippen molar-refractivity contribution < 1.29 is 9.90 Å². The van der Waals surface area contributed by atoms with Crippen LogP contribution in [-0.4, -0.2) is 36.8 Å². The number of aliphatic hydroxyl groups excluding tert-OH is 1. The zero-order valence-electron chi connectivity index (χ0n) is 11.2. The van der Waals surface area contributed by atoms with Gasteiger partial charge in [0.05, 0.1) is 6.61 Å². The Hall–Kier alpha value is -0.610. The fourth-order valence-corrected chi connectivity index (χ4v) is 2.74. The zero-order valence-corrected chi connectivity index (χ0v) is 11.2. The number of nitrogens with one attached hydrogen (secondary N) is 2. The van der Waals surface area contributed by atoms with E-state index < -0.39 is 0 Å². The topological polar surface area (TPSA) is 61.4 Å². The first-order chi connectivity index (χ1) is 8.74. The summed E-state index contributed by atoms with van der Waals surface area (Å²) in [7, 11) is 0. The Morgan fingerprint density at radius 1 is 1.22 bits per heavy atom. The van der Waals surface area contributed by atoms with Gasteiger partial charge in [0.2, 0.25) is 5.91 Å². The van der Waals surface area contributed by atoms with Crippen LogP contribution in [0.3, 0.4) is 0 Å². The second kappa shape index (κ2) is 6.53. The fourth-order valence-electron chi connectivity index (χ4n) is 2.74. The van der Waals surface area contributed by atoms with Crippen molar-refractivity contribution in [2.75, 3.05) is 19.7 Å². The van der Waals surface area contributed by atoms with E-state index in [0.717, 1.165) is 19.4 Å². The molecule has 4 nitrogen and oxygen atoms in total. The van der Waals surface area contributed by atoms with Gasteiger partial charge in [-0.05, 0) is 25.7 Å². The van der Waals surface area contributed by atoms with Crippen LogP contribution in [0.15, 0.2) is 0 Å². The first-order valence-corrected chi connectivity index (χ1v) is 7.35. The van der Waals surface area contributed by atoms with Crippen molar-refractivity contribution >= 4 is 5.91 Å². The maximum atomic E-state index is 11.7. The van der Waals surface area contributed by atoms with Crippen LogP contribution in [0.5, 0.6) is 0 Å². The standard InChI is InChI=1S/C14H26N2O2/c17-11-14(7-2-1-3-8-14)10-16-13(18)6-9-15-12-4-5-12/h12,15,17H,1-11H2,(H,16,18). The summed E-state index contributed by atoms with van der Waals surface area (Å²) in [5.41, 5.74) is -0.0438. The van der Waals surface area contributed by atoms with Crippen molar-refractivity contribution in [2.45, 2.75) is 57.4 Å². The van der Waals surface area contributed by atoms with Gasteiger partial charge in [-0.15, -0.1) is 0 Å².